The van der Waals surface area contributed by atoms with Crippen LogP contribution in [0.25, 0.3) is 11.0 Å². The monoisotopic (exact) mass is 444 g/mol. The van der Waals surface area contributed by atoms with Gasteiger partial charge in [0.2, 0.25) is 0 Å². The standard InChI is InChI=1S/C21H22ClFN6O2/c1-21(2,3)31-20(30)29-10-9-28(12-29)16-8-7-15-18(27-16)19(25-11-24-15)26-14-6-4-5-13(22)17(14)23/h4-8,11H,9-10,12H2,1-3H3,(H,24,25,26). The van der Waals surface area contributed by atoms with E-state index in [4.69, 9.17) is 16.3 Å². The smallest absolute Gasteiger partial charge is 0.411 e. The lowest BCUT2D eigenvalue weighted by molar-refractivity contribution is 0.0297. The Morgan fingerprint density at radius 3 is 2.77 bits per heavy atom. The van der Waals surface area contributed by atoms with E-state index in [2.05, 4.69) is 20.3 Å². The number of carbonyl (C=O) groups excluding carboxylic acids is 1. The number of carbonyl (C=O) groups is 1. The summed E-state index contributed by atoms with van der Waals surface area (Å²) in [5.41, 5.74) is 0.720. The number of anilines is 3. The van der Waals surface area contributed by atoms with Gasteiger partial charge in [-0.3, -0.25) is 4.90 Å². The maximum absolute atomic E-state index is 14.3. The molecule has 1 aromatic carbocycles. The highest BCUT2D eigenvalue weighted by molar-refractivity contribution is 6.31. The Kier molecular flexibility index (Phi) is 5.53. The third-order valence-electron chi connectivity index (χ3n) is 4.63. The maximum Gasteiger partial charge on any atom is 0.411 e. The number of ether oxygens (including phenoxy) is 1. The second kappa shape index (κ2) is 8.14. The Bertz CT molecular complexity index is 1140. The molecule has 0 bridgehead atoms. The predicted octanol–water partition coefficient (Wildman–Crippen LogP) is 4.58. The van der Waals surface area contributed by atoms with Crippen LogP contribution < -0.4 is 10.2 Å². The molecule has 0 aliphatic carbocycles. The van der Waals surface area contributed by atoms with Crippen LogP contribution in [0.3, 0.4) is 0 Å². The quantitative estimate of drug-likeness (QED) is 0.633. The number of aromatic nitrogens is 3. The molecule has 1 fully saturated rings. The van der Waals surface area contributed by atoms with Gasteiger partial charge in [0.05, 0.1) is 22.9 Å². The average Bonchev–Trinajstić information content (AvgIpc) is 3.21. The van der Waals surface area contributed by atoms with Crippen molar-refractivity contribution < 1.29 is 13.9 Å². The van der Waals surface area contributed by atoms with Gasteiger partial charge in [-0.1, -0.05) is 17.7 Å². The van der Waals surface area contributed by atoms with E-state index < -0.39 is 11.4 Å². The van der Waals surface area contributed by atoms with Gasteiger partial charge in [0.1, 0.15) is 23.3 Å². The summed E-state index contributed by atoms with van der Waals surface area (Å²) in [4.78, 5) is 29.1. The van der Waals surface area contributed by atoms with Crippen LogP contribution in [0.2, 0.25) is 5.02 Å². The molecule has 0 radical (unpaired) electrons. The van der Waals surface area contributed by atoms with Crippen LogP contribution in [0.5, 0.6) is 0 Å². The van der Waals surface area contributed by atoms with Crippen LogP contribution in [-0.4, -0.2) is 51.3 Å². The molecule has 1 aliphatic heterocycles. The number of benzene rings is 1. The van der Waals surface area contributed by atoms with Gasteiger partial charge in [0.25, 0.3) is 0 Å². The molecule has 31 heavy (non-hydrogen) atoms. The summed E-state index contributed by atoms with van der Waals surface area (Å²) in [7, 11) is 0. The summed E-state index contributed by atoms with van der Waals surface area (Å²) in [6, 6.07) is 8.33. The summed E-state index contributed by atoms with van der Waals surface area (Å²) < 4.78 is 19.8. The molecule has 0 atom stereocenters. The van der Waals surface area contributed by atoms with E-state index >= 15 is 0 Å². The summed E-state index contributed by atoms with van der Waals surface area (Å²) in [5, 5.41) is 2.96. The van der Waals surface area contributed by atoms with E-state index in [9.17, 15) is 9.18 Å². The van der Waals surface area contributed by atoms with Crippen LogP contribution in [0.4, 0.5) is 26.5 Å². The van der Waals surface area contributed by atoms with E-state index in [1.54, 1.807) is 17.0 Å². The van der Waals surface area contributed by atoms with Crippen LogP contribution in [0, 0.1) is 5.82 Å². The van der Waals surface area contributed by atoms with Crippen LogP contribution in [0.15, 0.2) is 36.7 Å². The predicted molar refractivity (Wildman–Crippen MR) is 117 cm³/mol. The number of hydrogen-bond donors (Lipinski definition) is 1. The lowest BCUT2D eigenvalue weighted by Crippen LogP contribution is -2.36. The van der Waals surface area contributed by atoms with Crippen molar-refractivity contribution in [1.82, 2.24) is 19.9 Å². The number of amides is 1. The van der Waals surface area contributed by atoms with Gasteiger partial charge in [-0.05, 0) is 45.0 Å². The van der Waals surface area contributed by atoms with Crippen molar-refractivity contribution in [1.29, 1.82) is 0 Å². The Morgan fingerprint density at radius 2 is 2.00 bits per heavy atom. The minimum absolute atomic E-state index is 0.0105. The van der Waals surface area contributed by atoms with E-state index in [-0.39, 0.29) is 16.8 Å². The lowest BCUT2D eigenvalue weighted by Gasteiger charge is -2.24. The fourth-order valence-corrected chi connectivity index (χ4v) is 3.35. The Labute approximate surface area is 184 Å². The molecular weight excluding hydrogens is 423 g/mol. The zero-order valence-electron chi connectivity index (χ0n) is 17.4. The molecule has 1 N–H and O–H groups in total. The third kappa shape index (κ3) is 4.61. The summed E-state index contributed by atoms with van der Waals surface area (Å²) in [6.45, 7) is 6.99. The first-order valence-corrected chi connectivity index (χ1v) is 10.1. The third-order valence-corrected chi connectivity index (χ3v) is 4.92. The fourth-order valence-electron chi connectivity index (χ4n) is 3.18. The topological polar surface area (TPSA) is 83.5 Å². The normalized spacial score (nSPS) is 14.2. The van der Waals surface area contributed by atoms with Crippen molar-refractivity contribution >= 4 is 46.1 Å². The second-order valence-corrected chi connectivity index (χ2v) is 8.54. The minimum atomic E-state index is -0.570. The molecule has 2 aromatic heterocycles. The Balaban J connectivity index is 1.59. The van der Waals surface area contributed by atoms with E-state index in [0.717, 1.165) is 0 Å². The number of halogens is 2. The highest BCUT2D eigenvalue weighted by Crippen LogP contribution is 2.28. The summed E-state index contributed by atoms with van der Waals surface area (Å²) in [6.07, 6.45) is 1.02. The van der Waals surface area contributed by atoms with Gasteiger partial charge in [-0.2, -0.15) is 0 Å². The van der Waals surface area contributed by atoms with Gasteiger partial charge in [0.15, 0.2) is 11.6 Å². The number of pyridine rings is 1. The van der Waals surface area contributed by atoms with Crippen molar-refractivity contribution in [2.24, 2.45) is 0 Å². The minimum Gasteiger partial charge on any atom is -0.444 e. The van der Waals surface area contributed by atoms with Crippen molar-refractivity contribution in [2.75, 3.05) is 30.0 Å². The molecule has 1 aliphatic rings. The van der Waals surface area contributed by atoms with Crippen LogP contribution >= 0.6 is 11.6 Å². The number of nitrogens with one attached hydrogen (secondary N) is 1. The molecule has 162 valence electrons. The first-order valence-electron chi connectivity index (χ1n) is 9.77. The molecule has 4 rings (SSSR count). The molecule has 3 heterocycles. The molecule has 1 amide bonds. The first kappa shape index (κ1) is 21.0. The van der Waals surface area contributed by atoms with Crippen molar-refractivity contribution in [3.05, 3.63) is 47.5 Å². The molecule has 3 aromatic rings. The SMILES string of the molecule is CC(C)(C)OC(=O)N1CCN(c2ccc3ncnc(Nc4cccc(Cl)c4F)c3n2)C1. The van der Waals surface area contributed by atoms with Gasteiger partial charge in [-0.15, -0.1) is 0 Å². The zero-order valence-corrected chi connectivity index (χ0v) is 18.1. The van der Waals surface area contributed by atoms with Gasteiger partial charge >= 0.3 is 6.09 Å². The highest BCUT2D eigenvalue weighted by atomic mass is 35.5. The number of fused-ring (bicyclic) bond motifs is 1. The Hall–Kier alpha value is -3.20. The van der Waals surface area contributed by atoms with Crippen LogP contribution in [-0.2, 0) is 4.74 Å². The largest absolute Gasteiger partial charge is 0.444 e. The first-order chi connectivity index (χ1) is 14.7. The average molecular weight is 445 g/mol. The number of hydrogen-bond acceptors (Lipinski definition) is 7. The van der Waals surface area contributed by atoms with E-state index in [1.807, 2.05) is 37.8 Å². The van der Waals surface area contributed by atoms with Crippen molar-refractivity contribution in [3.63, 3.8) is 0 Å². The molecule has 1 saturated heterocycles. The van der Waals surface area contributed by atoms with Gasteiger partial charge in [0, 0.05) is 13.1 Å². The second-order valence-electron chi connectivity index (χ2n) is 8.13. The number of rotatable bonds is 3. The zero-order chi connectivity index (χ0) is 22.2. The van der Waals surface area contributed by atoms with Gasteiger partial charge in [-0.25, -0.2) is 24.1 Å². The van der Waals surface area contributed by atoms with Crippen molar-refractivity contribution in [2.45, 2.75) is 26.4 Å². The van der Waals surface area contributed by atoms with Crippen LogP contribution in [0.1, 0.15) is 20.8 Å². The summed E-state index contributed by atoms with van der Waals surface area (Å²) >= 11 is 5.88. The van der Waals surface area contributed by atoms with E-state index in [0.29, 0.717) is 42.4 Å². The molecule has 10 heteroatoms. The Morgan fingerprint density at radius 1 is 1.19 bits per heavy atom. The molecule has 0 unspecified atom stereocenters. The van der Waals surface area contributed by atoms with Crippen molar-refractivity contribution in [3.8, 4) is 0 Å². The maximum atomic E-state index is 14.3. The van der Waals surface area contributed by atoms with Gasteiger partial charge < -0.3 is 15.0 Å². The molecular formula is C21H22ClFN6O2. The number of nitrogens with zero attached hydrogens (tertiary/aromatic N) is 5. The highest BCUT2D eigenvalue weighted by Gasteiger charge is 2.29. The molecule has 0 saturated carbocycles. The lowest BCUT2D eigenvalue weighted by atomic mass is 10.2. The van der Waals surface area contributed by atoms with E-state index in [1.165, 1.54) is 12.4 Å². The molecule has 8 nitrogen and oxygen atoms in total. The molecule has 0 spiro atoms. The fraction of sp³-hybridized carbons (Fsp3) is 0.333. The summed E-state index contributed by atoms with van der Waals surface area (Å²) in [5.74, 6) is 0.443.